The summed E-state index contributed by atoms with van der Waals surface area (Å²) in [5.74, 6) is -0.619. The Balaban J connectivity index is 1.47. The summed E-state index contributed by atoms with van der Waals surface area (Å²) < 4.78 is 21.5. The van der Waals surface area contributed by atoms with E-state index in [4.69, 9.17) is 4.74 Å². The van der Waals surface area contributed by atoms with Gasteiger partial charge >= 0.3 is 0 Å². The second-order valence-corrected chi connectivity index (χ2v) is 6.81. The van der Waals surface area contributed by atoms with Crippen molar-refractivity contribution in [2.45, 2.75) is 32.3 Å². The van der Waals surface area contributed by atoms with Crippen LogP contribution in [0.4, 0.5) is 10.1 Å². The van der Waals surface area contributed by atoms with Gasteiger partial charge in [0.2, 0.25) is 0 Å². The number of nitrogens with one attached hydrogen (secondary N) is 1. The van der Waals surface area contributed by atoms with E-state index in [2.05, 4.69) is 10.3 Å². The SMILES string of the molecule is Cc1ncn(-c2ccc(NC(=O)C3(Oc4ccccc4F)CC3)cc2)c1C. The van der Waals surface area contributed by atoms with E-state index in [9.17, 15) is 9.18 Å². The molecule has 0 saturated heterocycles. The average molecular weight is 365 g/mol. The van der Waals surface area contributed by atoms with Crippen LogP contribution >= 0.6 is 0 Å². The number of benzene rings is 2. The number of carbonyl (C=O) groups is 1. The molecule has 1 heterocycles. The third-order valence-electron chi connectivity index (χ3n) is 4.92. The number of amides is 1. The molecule has 1 saturated carbocycles. The topological polar surface area (TPSA) is 56.2 Å². The van der Waals surface area contributed by atoms with E-state index in [1.54, 1.807) is 18.5 Å². The second-order valence-electron chi connectivity index (χ2n) is 6.81. The predicted octanol–water partition coefficient (Wildman–Crippen LogP) is 4.18. The van der Waals surface area contributed by atoms with Gasteiger partial charge in [0.15, 0.2) is 17.2 Å². The molecule has 0 unspecified atom stereocenters. The van der Waals surface area contributed by atoms with Gasteiger partial charge in [0.25, 0.3) is 5.91 Å². The Kier molecular flexibility index (Phi) is 4.18. The molecule has 27 heavy (non-hydrogen) atoms. The standard InChI is InChI=1S/C21H20FN3O2/c1-14-15(2)25(13-23-14)17-9-7-16(8-10-17)24-20(26)21(11-12-21)27-19-6-4-3-5-18(19)22/h3-10,13H,11-12H2,1-2H3,(H,24,26). The van der Waals surface area contributed by atoms with E-state index in [1.165, 1.54) is 12.1 Å². The Morgan fingerprint density at radius 2 is 1.85 bits per heavy atom. The molecule has 5 nitrogen and oxygen atoms in total. The Morgan fingerprint density at radius 1 is 1.15 bits per heavy atom. The summed E-state index contributed by atoms with van der Waals surface area (Å²) in [4.78, 5) is 16.9. The summed E-state index contributed by atoms with van der Waals surface area (Å²) in [5, 5.41) is 2.87. The van der Waals surface area contributed by atoms with Crippen LogP contribution in [-0.4, -0.2) is 21.1 Å². The molecule has 0 radical (unpaired) electrons. The molecule has 1 aliphatic rings. The van der Waals surface area contributed by atoms with Crippen molar-refractivity contribution in [2.75, 3.05) is 5.32 Å². The number of imidazole rings is 1. The summed E-state index contributed by atoms with van der Waals surface area (Å²) in [6, 6.07) is 13.6. The number of nitrogens with zero attached hydrogens (tertiary/aromatic N) is 2. The molecule has 1 fully saturated rings. The minimum absolute atomic E-state index is 0.103. The molecule has 1 aliphatic carbocycles. The Bertz CT molecular complexity index is 991. The van der Waals surface area contributed by atoms with Crippen molar-refractivity contribution < 1.29 is 13.9 Å². The van der Waals surface area contributed by atoms with Crippen LogP contribution in [0.2, 0.25) is 0 Å². The highest BCUT2D eigenvalue weighted by molar-refractivity contribution is 5.99. The van der Waals surface area contributed by atoms with Crippen LogP contribution < -0.4 is 10.1 Å². The molecule has 2 aromatic carbocycles. The number of rotatable bonds is 5. The molecule has 3 aromatic rings. The molecule has 1 aromatic heterocycles. The van der Waals surface area contributed by atoms with Crippen LogP contribution in [0.3, 0.4) is 0 Å². The number of ether oxygens (including phenoxy) is 1. The first-order valence-electron chi connectivity index (χ1n) is 8.84. The summed E-state index contributed by atoms with van der Waals surface area (Å²) in [6.07, 6.45) is 2.91. The highest BCUT2D eigenvalue weighted by Gasteiger charge is 2.53. The van der Waals surface area contributed by atoms with E-state index in [0.29, 0.717) is 18.5 Å². The van der Waals surface area contributed by atoms with Gasteiger partial charge in [-0.2, -0.15) is 0 Å². The molecule has 1 amide bonds. The third-order valence-corrected chi connectivity index (χ3v) is 4.92. The molecule has 0 aliphatic heterocycles. The van der Waals surface area contributed by atoms with Gasteiger partial charge in [-0.25, -0.2) is 9.37 Å². The number of para-hydroxylation sites is 1. The zero-order valence-corrected chi connectivity index (χ0v) is 15.2. The molecular weight excluding hydrogens is 345 g/mol. The first-order chi connectivity index (χ1) is 13.0. The maximum Gasteiger partial charge on any atom is 0.268 e. The van der Waals surface area contributed by atoms with Crippen molar-refractivity contribution >= 4 is 11.6 Å². The monoisotopic (exact) mass is 365 g/mol. The average Bonchev–Trinajstić information content (AvgIpc) is 3.38. The molecular formula is C21H20FN3O2. The van der Waals surface area contributed by atoms with E-state index < -0.39 is 11.4 Å². The molecule has 4 rings (SSSR count). The normalized spacial score (nSPS) is 14.6. The number of aromatic nitrogens is 2. The molecule has 0 bridgehead atoms. The maximum atomic E-state index is 13.8. The fraction of sp³-hybridized carbons (Fsp3) is 0.238. The predicted molar refractivity (Wildman–Crippen MR) is 101 cm³/mol. The Morgan fingerprint density at radius 3 is 2.44 bits per heavy atom. The van der Waals surface area contributed by atoms with E-state index in [-0.39, 0.29) is 11.7 Å². The molecule has 138 valence electrons. The van der Waals surface area contributed by atoms with Crippen molar-refractivity contribution in [3.05, 3.63) is 72.1 Å². The minimum atomic E-state index is -0.987. The van der Waals surface area contributed by atoms with Gasteiger partial charge in [0.1, 0.15) is 0 Å². The van der Waals surface area contributed by atoms with Crippen LogP contribution in [0.1, 0.15) is 24.2 Å². The van der Waals surface area contributed by atoms with Crippen molar-refractivity contribution in [3.63, 3.8) is 0 Å². The lowest BCUT2D eigenvalue weighted by Crippen LogP contribution is -2.35. The van der Waals surface area contributed by atoms with Crippen molar-refractivity contribution in [3.8, 4) is 11.4 Å². The lowest BCUT2D eigenvalue weighted by Gasteiger charge is -2.18. The van der Waals surface area contributed by atoms with Crippen LogP contribution in [0, 0.1) is 19.7 Å². The molecule has 1 N–H and O–H groups in total. The quantitative estimate of drug-likeness (QED) is 0.738. The van der Waals surface area contributed by atoms with Gasteiger partial charge in [0.05, 0.1) is 12.0 Å². The summed E-state index contributed by atoms with van der Waals surface area (Å²) in [7, 11) is 0. The smallest absolute Gasteiger partial charge is 0.268 e. The van der Waals surface area contributed by atoms with Gasteiger partial charge in [-0.3, -0.25) is 4.79 Å². The van der Waals surface area contributed by atoms with E-state index in [1.807, 2.05) is 42.7 Å². The molecule has 6 heteroatoms. The number of hydrogen-bond acceptors (Lipinski definition) is 3. The summed E-state index contributed by atoms with van der Waals surface area (Å²) in [5.41, 5.74) is 2.70. The third kappa shape index (κ3) is 3.30. The van der Waals surface area contributed by atoms with Crippen LogP contribution in [0.5, 0.6) is 5.75 Å². The number of aryl methyl sites for hydroxylation is 1. The highest BCUT2D eigenvalue weighted by Crippen LogP contribution is 2.42. The highest BCUT2D eigenvalue weighted by atomic mass is 19.1. The number of halogens is 1. The second kappa shape index (κ2) is 6.54. The fourth-order valence-corrected chi connectivity index (χ4v) is 2.94. The Hall–Kier alpha value is -3.15. The lowest BCUT2D eigenvalue weighted by molar-refractivity contribution is -0.124. The first-order valence-corrected chi connectivity index (χ1v) is 8.84. The number of hydrogen-bond donors (Lipinski definition) is 1. The minimum Gasteiger partial charge on any atom is -0.474 e. The maximum absolute atomic E-state index is 13.8. The van der Waals surface area contributed by atoms with Gasteiger partial charge in [-0.15, -0.1) is 0 Å². The fourth-order valence-electron chi connectivity index (χ4n) is 2.94. The number of anilines is 1. The van der Waals surface area contributed by atoms with Gasteiger partial charge in [-0.1, -0.05) is 12.1 Å². The zero-order chi connectivity index (χ0) is 19.0. The van der Waals surface area contributed by atoms with Crippen LogP contribution in [0.25, 0.3) is 5.69 Å². The van der Waals surface area contributed by atoms with Crippen LogP contribution in [-0.2, 0) is 4.79 Å². The van der Waals surface area contributed by atoms with Gasteiger partial charge < -0.3 is 14.6 Å². The number of carbonyl (C=O) groups excluding carboxylic acids is 1. The van der Waals surface area contributed by atoms with Gasteiger partial charge in [-0.05, 0) is 50.2 Å². The summed E-state index contributed by atoms with van der Waals surface area (Å²) >= 11 is 0. The van der Waals surface area contributed by atoms with Crippen molar-refractivity contribution in [1.29, 1.82) is 0 Å². The lowest BCUT2D eigenvalue weighted by atomic mass is 10.2. The van der Waals surface area contributed by atoms with E-state index >= 15 is 0 Å². The van der Waals surface area contributed by atoms with Crippen molar-refractivity contribution in [1.82, 2.24) is 9.55 Å². The first kappa shape index (κ1) is 17.3. The molecule has 0 spiro atoms. The summed E-state index contributed by atoms with van der Waals surface area (Å²) in [6.45, 7) is 3.97. The van der Waals surface area contributed by atoms with Crippen LogP contribution in [0.15, 0.2) is 54.9 Å². The molecule has 0 atom stereocenters. The largest absolute Gasteiger partial charge is 0.474 e. The Labute approximate surface area is 156 Å². The van der Waals surface area contributed by atoms with E-state index in [0.717, 1.165) is 17.1 Å². The van der Waals surface area contributed by atoms with Crippen molar-refractivity contribution in [2.24, 2.45) is 0 Å². The zero-order valence-electron chi connectivity index (χ0n) is 15.2. The van der Waals surface area contributed by atoms with Gasteiger partial charge in [0, 0.05) is 29.9 Å².